The summed E-state index contributed by atoms with van der Waals surface area (Å²) in [6, 6.07) is 11.1. The summed E-state index contributed by atoms with van der Waals surface area (Å²) in [5.41, 5.74) is 1.68. The summed E-state index contributed by atoms with van der Waals surface area (Å²) in [6.45, 7) is 4.65. The van der Waals surface area contributed by atoms with Crippen LogP contribution in [0.1, 0.15) is 76.3 Å². The van der Waals surface area contributed by atoms with Crippen molar-refractivity contribution in [2.75, 3.05) is 57.4 Å². The van der Waals surface area contributed by atoms with Crippen LogP contribution in [0.15, 0.2) is 94.4 Å². The van der Waals surface area contributed by atoms with Gasteiger partial charge in [-0.05, 0) is 94.3 Å². The molecule has 2 aromatic carbocycles. The number of nitrogens with zero attached hydrogens (tertiary/aromatic N) is 3. The minimum atomic E-state index is -4.67. The van der Waals surface area contributed by atoms with E-state index in [1.165, 1.54) is 24.3 Å². The molecule has 0 saturated heterocycles. The molecular weight excluding hydrogens is 971 g/mol. The molecule has 374 valence electrons. The van der Waals surface area contributed by atoms with E-state index in [1.807, 2.05) is 22.5 Å². The Morgan fingerprint density at radius 1 is 0.735 bits per heavy atom. The lowest BCUT2D eigenvalue weighted by molar-refractivity contribution is -0.438. The number of methoxy groups -OCH3 is 1. The third kappa shape index (κ3) is 12.6. The lowest BCUT2D eigenvalue weighted by atomic mass is 9.76. The first kappa shape index (κ1) is 54.0. The van der Waals surface area contributed by atoms with Crippen molar-refractivity contribution in [3.63, 3.8) is 0 Å². The Morgan fingerprint density at radius 2 is 1.38 bits per heavy atom. The molecule has 5 rings (SSSR count). The van der Waals surface area contributed by atoms with Gasteiger partial charge in [0.05, 0.1) is 47.5 Å². The number of carbonyl (C=O) groups excluding carboxylic acids is 1. The van der Waals surface area contributed by atoms with Crippen molar-refractivity contribution in [3.8, 4) is 11.8 Å². The topological polar surface area (TPSA) is 283 Å². The van der Waals surface area contributed by atoms with E-state index in [0.29, 0.717) is 71.0 Å². The van der Waals surface area contributed by atoms with Crippen LogP contribution in [-0.4, -0.2) is 127 Å². The number of anilines is 1. The van der Waals surface area contributed by atoms with Crippen molar-refractivity contribution >= 4 is 63.5 Å². The van der Waals surface area contributed by atoms with Crippen molar-refractivity contribution in [1.29, 1.82) is 0 Å². The fraction of sp³-hybridized carbons (Fsp3) is 0.455. The minimum Gasteiger partial charge on any atom is -0.492 e. The SMILES string of the molecule is COCCN1/C(=C/C=C/C=C/C2=[N+](CCCCCC(=O)On3c(O)ccc3O)c3ccc(S(=O)(=O)O)cc3C2(C)CCCS(=O)(=O)O)C(C)(CCCS(=O)(=O)OC)c2cc(S(=O)(=O)OC)ccc21. The number of hydrogen-bond acceptors (Lipinski definition) is 16. The zero-order valence-electron chi connectivity index (χ0n) is 38.3. The van der Waals surface area contributed by atoms with E-state index in [4.69, 9.17) is 13.8 Å². The van der Waals surface area contributed by atoms with Gasteiger partial charge in [0.2, 0.25) is 17.4 Å². The van der Waals surface area contributed by atoms with Crippen LogP contribution in [0.25, 0.3) is 0 Å². The highest BCUT2D eigenvalue weighted by molar-refractivity contribution is 7.87. The first-order chi connectivity index (χ1) is 31.8. The van der Waals surface area contributed by atoms with Crippen LogP contribution in [0.3, 0.4) is 0 Å². The zero-order chi connectivity index (χ0) is 50.3. The predicted octanol–water partition coefficient (Wildman–Crippen LogP) is 4.90. The van der Waals surface area contributed by atoms with E-state index >= 15 is 0 Å². The molecule has 0 radical (unpaired) electrons. The molecule has 4 N–H and O–H groups in total. The van der Waals surface area contributed by atoms with Gasteiger partial charge in [-0.3, -0.25) is 17.5 Å². The average molecular weight is 1030 g/mol. The van der Waals surface area contributed by atoms with Crippen molar-refractivity contribution in [3.05, 3.63) is 95.7 Å². The van der Waals surface area contributed by atoms with Crippen LogP contribution >= 0.6 is 0 Å². The van der Waals surface area contributed by atoms with Crippen LogP contribution < -0.4 is 9.74 Å². The maximum absolute atomic E-state index is 12.9. The first-order valence-electron chi connectivity index (χ1n) is 21.4. The normalized spacial score (nSPS) is 19.5. The van der Waals surface area contributed by atoms with Crippen molar-refractivity contribution in [2.24, 2.45) is 0 Å². The van der Waals surface area contributed by atoms with Gasteiger partial charge in [-0.1, -0.05) is 18.2 Å². The molecule has 2 aliphatic rings. The highest BCUT2D eigenvalue weighted by atomic mass is 32.2. The molecule has 0 aliphatic carbocycles. The second kappa shape index (κ2) is 21.8. The summed E-state index contributed by atoms with van der Waals surface area (Å²) < 4.78 is 136. The Bertz CT molecular complexity index is 2920. The Morgan fingerprint density at radius 3 is 2.01 bits per heavy atom. The Kier molecular flexibility index (Phi) is 17.3. The third-order valence-electron chi connectivity index (χ3n) is 12.1. The van der Waals surface area contributed by atoms with Crippen molar-refractivity contribution < 1.29 is 80.3 Å². The molecule has 1 aromatic heterocycles. The smallest absolute Gasteiger partial charge is 0.333 e. The monoisotopic (exact) mass is 1030 g/mol. The molecule has 3 heterocycles. The number of fused-ring (bicyclic) bond motifs is 2. The summed E-state index contributed by atoms with van der Waals surface area (Å²) in [4.78, 5) is 19.0. The van der Waals surface area contributed by atoms with E-state index in [2.05, 4.69) is 4.18 Å². The average Bonchev–Trinajstić information content (AvgIpc) is 3.80. The summed E-state index contributed by atoms with van der Waals surface area (Å²) >= 11 is 0. The number of unbranched alkanes of at least 4 members (excludes halogenated alkanes) is 2. The van der Waals surface area contributed by atoms with Gasteiger partial charge in [0.1, 0.15) is 6.54 Å². The van der Waals surface area contributed by atoms with Crippen LogP contribution in [0, 0.1) is 0 Å². The summed E-state index contributed by atoms with van der Waals surface area (Å²) in [7, 11) is -13.3. The van der Waals surface area contributed by atoms with Gasteiger partial charge in [-0.15, -0.1) is 4.73 Å². The summed E-state index contributed by atoms with van der Waals surface area (Å²) in [6.07, 6.45) is 10.6. The highest BCUT2D eigenvalue weighted by Gasteiger charge is 2.48. The molecule has 68 heavy (non-hydrogen) atoms. The second-order valence-electron chi connectivity index (χ2n) is 16.6. The number of aromatic nitrogens is 1. The predicted molar refractivity (Wildman–Crippen MR) is 250 cm³/mol. The molecule has 20 nitrogen and oxygen atoms in total. The Labute approximate surface area is 397 Å². The summed E-state index contributed by atoms with van der Waals surface area (Å²) in [5, 5.41) is 19.6. The lowest BCUT2D eigenvalue weighted by Gasteiger charge is -2.30. The van der Waals surface area contributed by atoms with Crippen LogP contribution in [0.4, 0.5) is 11.4 Å². The molecule has 0 saturated carbocycles. The number of hydrogen-bond donors (Lipinski definition) is 4. The van der Waals surface area contributed by atoms with E-state index in [1.54, 1.807) is 50.5 Å². The molecule has 2 unspecified atom stereocenters. The second-order valence-corrected chi connectivity index (χ2v) is 23.2. The molecule has 0 spiro atoms. The van der Waals surface area contributed by atoms with Gasteiger partial charge < -0.3 is 24.7 Å². The highest BCUT2D eigenvalue weighted by Crippen LogP contribution is 2.51. The van der Waals surface area contributed by atoms with Gasteiger partial charge in [0.15, 0.2) is 5.71 Å². The van der Waals surface area contributed by atoms with Crippen LogP contribution in [-0.2, 0) is 69.2 Å². The molecule has 3 aromatic rings. The number of carbonyl (C=O) groups is 1. The Hall–Kier alpha value is -4.92. The number of benzene rings is 2. The molecular formula is C44H58N3O17S4+. The van der Waals surface area contributed by atoms with E-state index < -0.39 is 74.8 Å². The van der Waals surface area contributed by atoms with Crippen LogP contribution in [0.2, 0.25) is 0 Å². The van der Waals surface area contributed by atoms with Crippen molar-refractivity contribution in [1.82, 2.24) is 4.73 Å². The standard InChI is InChI=1S/C44H57N3O17S4/c1-43(23-12-28-65(51,52)53)34-30-32(67(56,57)58)17-19-36(34)45(25-11-7-10-16-42(50)64-47-40(48)21-22-41(47)49)38(43)14-8-6-9-15-39-44(2,24-13-29-66(54,55)62-4)35-31-33(68(59,60)63-5)18-20-37(35)46(39)26-27-61-3/h6,8-9,14-15,17-22,30-31H,7,10-13,16,23-29H2,1-5H3,(H3-,48,49,51,52,53,56,57,58)/p+1. The summed E-state index contributed by atoms with van der Waals surface area (Å²) in [5.74, 6) is -2.49. The van der Waals surface area contributed by atoms with E-state index in [-0.39, 0.29) is 54.3 Å². The minimum absolute atomic E-state index is 0.0257. The quantitative estimate of drug-likeness (QED) is 0.0289. The molecule has 0 amide bonds. The van der Waals surface area contributed by atoms with Crippen LogP contribution in [0.5, 0.6) is 11.8 Å². The maximum atomic E-state index is 12.9. The molecule has 24 heteroatoms. The van der Waals surface area contributed by atoms with Gasteiger partial charge in [-0.2, -0.15) is 38.2 Å². The number of rotatable bonds is 25. The molecule has 0 fully saturated rings. The first-order valence-corrected chi connectivity index (χ1v) is 27.4. The van der Waals surface area contributed by atoms with E-state index in [9.17, 15) is 57.8 Å². The van der Waals surface area contributed by atoms with Gasteiger partial charge in [-0.25, -0.2) is 4.79 Å². The van der Waals surface area contributed by atoms with Crippen molar-refractivity contribution in [2.45, 2.75) is 85.8 Å². The maximum Gasteiger partial charge on any atom is 0.333 e. The van der Waals surface area contributed by atoms with Gasteiger partial charge in [0.25, 0.3) is 40.5 Å². The number of ether oxygens (including phenoxy) is 1. The number of allylic oxidation sites excluding steroid dienone is 6. The fourth-order valence-electron chi connectivity index (χ4n) is 8.68. The third-order valence-corrected chi connectivity index (χ3v) is 16.4. The number of aromatic hydroxyl groups is 2. The molecule has 0 bridgehead atoms. The lowest BCUT2D eigenvalue weighted by Crippen LogP contribution is -2.32. The molecule has 2 aliphatic heterocycles. The zero-order valence-corrected chi connectivity index (χ0v) is 41.5. The molecule has 2 atom stereocenters. The van der Waals surface area contributed by atoms with Gasteiger partial charge in [0, 0.05) is 73.1 Å². The Balaban J connectivity index is 1.54. The fourth-order valence-corrected chi connectivity index (χ4v) is 11.0. The largest absolute Gasteiger partial charge is 0.492 e. The van der Waals surface area contributed by atoms with Gasteiger partial charge >= 0.3 is 5.97 Å². The van der Waals surface area contributed by atoms with E-state index in [0.717, 1.165) is 26.4 Å².